The number of nitrogens with zero attached hydrogens (tertiary/aromatic N) is 4. The number of fused-ring (bicyclic) bond motifs is 2. The zero-order valence-electron chi connectivity index (χ0n) is 20.4. The third-order valence-electron chi connectivity index (χ3n) is 5.44. The second-order valence-electron chi connectivity index (χ2n) is 8.33. The van der Waals surface area contributed by atoms with Crippen LogP contribution in [0.1, 0.15) is 43.6 Å². The van der Waals surface area contributed by atoms with Gasteiger partial charge < -0.3 is 14.0 Å². The van der Waals surface area contributed by atoms with Crippen LogP contribution in [-0.2, 0) is 9.53 Å². The molecule has 0 fully saturated rings. The predicted octanol–water partition coefficient (Wildman–Crippen LogP) is 4.61. The van der Waals surface area contributed by atoms with Gasteiger partial charge in [-0.2, -0.15) is 4.99 Å². The molecule has 4 aromatic rings. The Morgan fingerprint density at radius 2 is 1.92 bits per heavy atom. The molecule has 9 nitrogen and oxygen atoms in total. The van der Waals surface area contributed by atoms with Crippen molar-refractivity contribution in [2.75, 3.05) is 13.2 Å². The van der Waals surface area contributed by atoms with Crippen molar-refractivity contribution >= 4 is 51.8 Å². The van der Waals surface area contributed by atoms with Crippen molar-refractivity contribution in [1.82, 2.24) is 14.0 Å². The van der Waals surface area contributed by atoms with Crippen LogP contribution < -0.4 is 15.8 Å². The summed E-state index contributed by atoms with van der Waals surface area (Å²) in [7, 11) is 0. The lowest BCUT2D eigenvalue weighted by Gasteiger charge is -2.17. The maximum Gasteiger partial charge on any atom is 0.341 e. The van der Waals surface area contributed by atoms with E-state index in [9.17, 15) is 14.4 Å². The Kier molecular flexibility index (Phi) is 7.94. The normalized spacial score (nSPS) is 11.9. The molecule has 0 aliphatic carbocycles. The van der Waals surface area contributed by atoms with Gasteiger partial charge in [-0.15, -0.1) is 0 Å². The molecule has 0 atom stereocenters. The van der Waals surface area contributed by atoms with Gasteiger partial charge in [0.15, 0.2) is 5.49 Å². The van der Waals surface area contributed by atoms with Gasteiger partial charge in [0, 0.05) is 17.3 Å². The number of halogens is 2. The number of pyridine rings is 2. The van der Waals surface area contributed by atoms with E-state index in [0.29, 0.717) is 27.1 Å². The van der Waals surface area contributed by atoms with Crippen molar-refractivity contribution in [3.63, 3.8) is 0 Å². The predicted molar refractivity (Wildman–Crippen MR) is 140 cm³/mol. The number of esters is 1. The molecule has 1 amide bonds. The van der Waals surface area contributed by atoms with E-state index in [1.54, 1.807) is 48.0 Å². The summed E-state index contributed by atoms with van der Waals surface area (Å²) in [6, 6.07) is 11.0. The molecule has 0 saturated heterocycles. The van der Waals surface area contributed by atoms with E-state index in [0.717, 1.165) is 0 Å². The van der Waals surface area contributed by atoms with E-state index in [2.05, 4.69) is 9.98 Å². The molecule has 37 heavy (non-hydrogen) atoms. The van der Waals surface area contributed by atoms with Crippen LogP contribution in [-0.4, -0.2) is 39.0 Å². The first-order chi connectivity index (χ1) is 17.7. The first-order valence-corrected chi connectivity index (χ1v) is 12.4. The lowest BCUT2D eigenvalue weighted by atomic mass is 10.2. The van der Waals surface area contributed by atoms with Crippen molar-refractivity contribution in [1.29, 1.82) is 0 Å². The third-order valence-corrected chi connectivity index (χ3v) is 5.98. The van der Waals surface area contributed by atoms with E-state index in [4.69, 9.17) is 32.7 Å². The second-order valence-corrected chi connectivity index (χ2v) is 9.17. The van der Waals surface area contributed by atoms with Gasteiger partial charge in [0.2, 0.25) is 0 Å². The molecule has 0 radical (unpaired) electrons. The van der Waals surface area contributed by atoms with E-state index in [-0.39, 0.29) is 47.7 Å². The van der Waals surface area contributed by atoms with Crippen molar-refractivity contribution < 1.29 is 19.1 Å². The minimum atomic E-state index is -0.702. The minimum Gasteiger partial charge on any atom is -0.491 e. The standard InChI is InChI=1S/C26H24Cl2N4O5/c1-4-36-26(35)18-14-17-23(29-21-7-5-6-11-31(21)25(17)34)32(15(2)3)24(18)30-22(33)10-12-37-20-9-8-16(27)13-19(20)28/h5-9,11,13-15H,4,10,12H2,1-3H3. The maximum absolute atomic E-state index is 13.3. The molecule has 11 heteroatoms. The zero-order valence-corrected chi connectivity index (χ0v) is 21.9. The van der Waals surface area contributed by atoms with Crippen molar-refractivity contribution in [2.45, 2.75) is 33.2 Å². The Hall–Kier alpha value is -3.69. The van der Waals surface area contributed by atoms with E-state index < -0.39 is 11.9 Å². The van der Waals surface area contributed by atoms with Gasteiger partial charge in [0.1, 0.15) is 22.6 Å². The quantitative estimate of drug-likeness (QED) is 0.249. The number of carbonyl (C=O) groups excluding carboxylic acids is 2. The molecule has 0 N–H and O–H groups in total. The van der Waals surface area contributed by atoms with Gasteiger partial charge in [0.25, 0.3) is 11.5 Å². The molecule has 3 heterocycles. The molecule has 3 aromatic heterocycles. The maximum atomic E-state index is 13.3. The molecule has 1 aromatic carbocycles. The number of amides is 1. The van der Waals surface area contributed by atoms with Crippen LogP contribution in [0.5, 0.6) is 5.75 Å². The molecule has 192 valence electrons. The highest BCUT2D eigenvalue weighted by Crippen LogP contribution is 2.27. The lowest BCUT2D eigenvalue weighted by molar-refractivity contribution is -0.118. The van der Waals surface area contributed by atoms with Crippen LogP contribution >= 0.6 is 23.2 Å². The van der Waals surface area contributed by atoms with Crippen LogP contribution in [0.2, 0.25) is 10.0 Å². The monoisotopic (exact) mass is 542 g/mol. The molecule has 0 bridgehead atoms. The highest BCUT2D eigenvalue weighted by atomic mass is 35.5. The molecule has 0 saturated carbocycles. The van der Waals surface area contributed by atoms with Crippen molar-refractivity contribution in [2.24, 2.45) is 4.99 Å². The number of ether oxygens (including phenoxy) is 2. The highest BCUT2D eigenvalue weighted by Gasteiger charge is 2.21. The van der Waals surface area contributed by atoms with Gasteiger partial charge in [-0.05, 0) is 57.2 Å². The third kappa shape index (κ3) is 5.52. The summed E-state index contributed by atoms with van der Waals surface area (Å²) in [5.41, 5.74) is 0.418. The van der Waals surface area contributed by atoms with Gasteiger partial charge in [0.05, 0.1) is 30.0 Å². The molecule has 0 spiro atoms. The molecule has 4 rings (SSSR count). The van der Waals surface area contributed by atoms with Crippen LogP contribution in [0.3, 0.4) is 0 Å². The fourth-order valence-corrected chi connectivity index (χ4v) is 4.28. The van der Waals surface area contributed by atoms with Gasteiger partial charge in [-0.25, -0.2) is 9.78 Å². The second kappa shape index (κ2) is 11.1. The van der Waals surface area contributed by atoms with E-state index in [1.807, 2.05) is 13.8 Å². The highest BCUT2D eigenvalue weighted by molar-refractivity contribution is 6.35. The van der Waals surface area contributed by atoms with Crippen molar-refractivity contribution in [3.05, 3.63) is 80.1 Å². The Morgan fingerprint density at radius 1 is 1.14 bits per heavy atom. The number of carbonyl (C=O) groups is 2. The summed E-state index contributed by atoms with van der Waals surface area (Å²) in [6.45, 7) is 5.46. The van der Waals surface area contributed by atoms with Crippen LogP contribution in [0.25, 0.3) is 16.7 Å². The zero-order chi connectivity index (χ0) is 26.7. The lowest BCUT2D eigenvalue weighted by Crippen LogP contribution is -2.33. The first kappa shape index (κ1) is 26.4. The molecule has 0 aliphatic rings. The first-order valence-electron chi connectivity index (χ1n) is 11.6. The van der Waals surface area contributed by atoms with Crippen molar-refractivity contribution in [3.8, 4) is 5.75 Å². The van der Waals surface area contributed by atoms with Gasteiger partial charge in [-0.3, -0.25) is 14.0 Å². The summed E-state index contributed by atoms with van der Waals surface area (Å²) in [4.78, 5) is 48.0. The Morgan fingerprint density at radius 3 is 2.62 bits per heavy atom. The molecular weight excluding hydrogens is 519 g/mol. The average Bonchev–Trinajstić information content (AvgIpc) is 2.85. The largest absolute Gasteiger partial charge is 0.491 e. The summed E-state index contributed by atoms with van der Waals surface area (Å²) >= 11 is 12.0. The van der Waals surface area contributed by atoms with Crippen LogP contribution in [0.15, 0.2) is 58.4 Å². The number of aromatic nitrogens is 3. The molecule has 0 unspecified atom stereocenters. The summed E-state index contributed by atoms with van der Waals surface area (Å²) in [5.74, 6) is -0.861. The SMILES string of the molecule is CCOC(=O)c1cc2c(=O)n3ccccc3nc2n(C(C)C)c1=NC(=O)CCOc1ccc(Cl)cc1Cl. The summed E-state index contributed by atoms with van der Waals surface area (Å²) < 4.78 is 13.8. The van der Waals surface area contributed by atoms with E-state index >= 15 is 0 Å². The number of benzene rings is 1. The molecular formula is C26H24Cl2N4O5. The topological polar surface area (TPSA) is 104 Å². The summed E-state index contributed by atoms with van der Waals surface area (Å²) in [6.07, 6.45) is 1.51. The minimum absolute atomic E-state index is 0.00206. The molecule has 0 aliphatic heterocycles. The average molecular weight is 543 g/mol. The van der Waals surface area contributed by atoms with E-state index in [1.165, 1.54) is 16.5 Å². The van der Waals surface area contributed by atoms with Gasteiger partial charge in [-0.1, -0.05) is 29.3 Å². The number of rotatable bonds is 7. The number of hydrogen-bond donors (Lipinski definition) is 0. The van der Waals surface area contributed by atoms with Crippen LogP contribution in [0.4, 0.5) is 0 Å². The summed E-state index contributed by atoms with van der Waals surface area (Å²) in [5, 5.41) is 0.983. The van der Waals surface area contributed by atoms with Gasteiger partial charge >= 0.3 is 5.97 Å². The fraction of sp³-hybridized carbons (Fsp3) is 0.269. The smallest absolute Gasteiger partial charge is 0.341 e. The Bertz CT molecular complexity index is 1640. The fourth-order valence-electron chi connectivity index (χ4n) is 3.82. The Labute approximate surface area is 221 Å². The Balaban J connectivity index is 1.83. The number of hydrogen-bond acceptors (Lipinski definition) is 6. The van der Waals surface area contributed by atoms with Crippen LogP contribution in [0, 0.1) is 0 Å².